The van der Waals surface area contributed by atoms with E-state index in [0.29, 0.717) is 13.2 Å². The summed E-state index contributed by atoms with van der Waals surface area (Å²) in [6.07, 6.45) is 3.69. The quantitative estimate of drug-likeness (QED) is 0.683. The summed E-state index contributed by atoms with van der Waals surface area (Å²) in [6, 6.07) is 0. The van der Waals surface area contributed by atoms with Crippen LogP contribution in [0.1, 0.15) is 19.4 Å². The molecule has 1 unspecified atom stereocenters. The molecule has 0 fully saturated rings. The predicted octanol–water partition coefficient (Wildman–Crippen LogP) is 1.39. The van der Waals surface area contributed by atoms with Crippen LogP contribution in [0.5, 0.6) is 0 Å². The van der Waals surface area contributed by atoms with Gasteiger partial charge in [0.1, 0.15) is 0 Å². The van der Waals surface area contributed by atoms with E-state index in [4.69, 9.17) is 4.74 Å². The molecule has 0 aromatic carbocycles. The number of esters is 1. The van der Waals surface area contributed by atoms with E-state index < -0.39 is 0 Å². The minimum absolute atomic E-state index is 0.144. The highest BCUT2D eigenvalue weighted by molar-refractivity contribution is 5.71. The molecule has 0 N–H and O–H groups in total. The van der Waals surface area contributed by atoms with Gasteiger partial charge in [0.05, 0.1) is 25.3 Å². The molecule has 1 aromatic heterocycles. The van der Waals surface area contributed by atoms with Crippen LogP contribution in [0.4, 0.5) is 0 Å². The molecule has 4 heteroatoms. The molecule has 1 rings (SSSR count). The number of carbonyl (C=O) groups excluding carboxylic acids is 1. The number of hydrogen-bond donors (Lipinski definition) is 0. The van der Waals surface area contributed by atoms with Gasteiger partial charge in [0, 0.05) is 6.20 Å². The Bertz CT molecular complexity index is 307. The lowest BCUT2D eigenvalue weighted by Crippen LogP contribution is -2.20. The van der Waals surface area contributed by atoms with Crippen molar-refractivity contribution in [2.75, 3.05) is 6.61 Å². The fraction of sp³-hybridized carbons (Fsp3) is 0.600. The maximum atomic E-state index is 11.3. The molecule has 0 saturated carbocycles. The summed E-state index contributed by atoms with van der Waals surface area (Å²) < 4.78 is 6.66. The Balaban J connectivity index is 2.48. The smallest absolute Gasteiger partial charge is 0.310 e. The molecule has 0 amide bonds. The van der Waals surface area contributed by atoms with Crippen molar-refractivity contribution in [3.63, 3.8) is 0 Å². The minimum atomic E-state index is -0.166. The van der Waals surface area contributed by atoms with Gasteiger partial charge in [0.2, 0.25) is 0 Å². The van der Waals surface area contributed by atoms with E-state index >= 15 is 0 Å². The maximum absolute atomic E-state index is 11.3. The van der Waals surface area contributed by atoms with Crippen LogP contribution in [0.25, 0.3) is 0 Å². The average Bonchev–Trinajstić information content (AvgIpc) is 2.51. The third kappa shape index (κ3) is 2.87. The maximum Gasteiger partial charge on any atom is 0.310 e. The van der Waals surface area contributed by atoms with E-state index in [2.05, 4.69) is 5.10 Å². The zero-order valence-corrected chi connectivity index (χ0v) is 8.86. The number of hydrogen-bond acceptors (Lipinski definition) is 3. The molecule has 0 bridgehead atoms. The third-order valence-electron chi connectivity index (χ3n) is 1.91. The second-order valence-corrected chi connectivity index (χ2v) is 3.39. The molecule has 1 atom stereocenters. The zero-order chi connectivity index (χ0) is 10.6. The largest absolute Gasteiger partial charge is 0.466 e. The highest BCUT2D eigenvalue weighted by atomic mass is 16.5. The van der Waals surface area contributed by atoms with Crippen molar-refractivity contribution in [1.82, 2.24) is 9.78 Å². The van der Waals surface area contributed by atoms with Gasteiger partial charge in [-0.25, -0.2) is 0 Å². The summed E-state index contributed by atoms with van der Waals surface area (Å²) in [5.74, 6) is -0.310. The van der Waals surface area contributed by atoms with E-state index in [1.54, 1.807) is 10.9 Å². The molecule has 14 heavy (non-hydrogen) atoms. The number of aryl methyl sites for hydroxylation is 1. The van der Waals surface area contributed by atoms with Gasteiger partial charge in [-0.15, -0.1) is 0 Å². The SMILES string of the molecule is CCOC(=O)C(C)Cn1cc(C)cn1. The van der Waals surface area contributed by atoms with Gasteiger partial charge in [-0.05, 0) is 19.4 Å². The number of ether oxygens (including phenoxy) is 1. The van der Waals surface area contributed by atoms with Crippen LogP contribution in [-0.4, -0.2) is 22.4 Å². The van der Waals surface area contributed by atoms with Gasteiger partial charge in [-0.1, -0.05) is 6.92 Å². The Morgan fingerprint density at radius 1 is 1.71 bits per heavy atom. The van der Waals surface area contributed by atoms with E-state index in [1.807, 2.05) is 27.0 Å². The van der Waals surface area contributed by atoms with Crippen molar-refractivity contribution >= 4 is 5.97 Å². The average molecular weight is 196 g/mol. The molecular formula is C10H16N2O2. The van der Waals surface area contributed by atoms with E-state index in [1.165, 1.54) is 0 Å². The predicted molar refractivity (Wildman–Crippen MR) is 52.8 cm³/mol. The van der Waals surface area contributed by atoms with Crippen LogP contribution in [0.2, 0.25) is 0 Å². The van der Waals surface area contributed by atoms with Crippen molar-refractivity contribution in [2.24, 2.45) is 5.92 Å². The summed E-state index contributed by atoms with van der Waals surface area (Å²) in [7, 11) is 0. The van der Waals surface area contributed by atoms with Crippen molar-refractivity contribution in [1.29, 1.82) is 0 Å². The summed E-state index contributed by atoms with van der Waals surface area (Å²) in [6.45, 7) is 6.63. The molecule has 0 radical (unpaired) electrons. The molecule has 0 aliphatic heterocycles. The molecule has 0 saturated heterocycles. The molecule has 1 aromatic rings. The van der Waals surface area contributed by atoms with E-state index in [9.17, 15) is 4.79 Å². The second-order valence-electron chi connectivity index (χ2n) is 3.39. The highest BCUT2D eigenvalue weighted by Gasteiger charge is 2.14. The van der Waals surface area contributed by atoms with Crippen LogP contribution >= 0.6 is 0 Å². The Kier molecular flexibility index (Phi) is 3.68. The first kappa shape index (κ1) is 10.8. The minimum Gasteiger partial charge on any atom is -0.466 e. The second kappa shape index (κ2) is 4.79. The number of carbonyl (C=O) groups is 1. The molecule has 0 aliphatic rings. The van der Waals surface area contributed by atoms with Crippen molar-refractivity contribution in [2.45, 2.75) is 27.3 Å². The van der Waals surface area contributed by atoms with Gasteiger partial charge >= 0.3 is 5.97 Å². The van der Waals surface area contributed by atoms with Gasteiger partial charge in [0.25, 0.3) is 0 Å². The van der Waals surface area contributed by atoms with Crippen LogP contribution in [0.3, 0.4) is 0 Å². The van der Waals surface area contributed by atoms with E-state index in [0.717, 1.165) is 5.56 Å². The summed E-state index contributed by atoms with van der Waals surface area (Å²) >= 11 is 0. The number of aromatic nitrogens is 2. The Labute approximate surface area is 83.9 Å². The zero-order valence-electron chi connectivity index (χ0n) is 8.86. The van der Waals surface area contributed by atoms with Gasteiger partial charge < -0.3 is 4.74 Å². The lowest BCUT2D eigenvalue weighted by atomic mass is 10.2. The van der Waals surface area contributed by atoms with Crippen LogP contribution in [-0.2, 0) is 16.1 Å². The normalized spacial score (nSPS) is 12.5. The Morgan fingerprint density at radius 3 is 2.93 bits per heavy atom. The highest BCUT2D eigenvalue weighted by Crippen LogP contribution is 2.04. The lowest BCUT2D eigenvalue weighted by Gasteiger charge is -2.09. The first-order chi connectivity index (χ1) is 6.63. The number of rotatable bonds is 4. The van der Waals surface area contributed by atoms with Crippen molar-refractivity contribution < 1.29 is 9.53 Å². The first-order valence-corrected chi connectivity index (χ1v) is 4.79. The number of nitrogens with zero attached hydrogens (tertiary/aromatic N) is 2. The van der Waals surface area contributed by atoms with Gasteiger partial charge in [-0.3, -0.25) is 9.48 Å². The Hall–Kier alpha value is -1.32. The lowest BCUT2D eigenvalue weighted by molar-refractivity contribution is -0.147. The third-order valence-corrected chi connectivity index (χ3v) is 1.91. The van der Waals surface area contributed by atoms with Crippen molar-refractivity contribution in [3.05, 3.63) is 18.0 Å². The molecule has 0 aliphatic carbocycles. The van der Waals surface area contributed by atoms with Gasteiger partial charge in [0.15, 0.2) is 0 Å². The monoisotopic (exact) mass is 196 g/mol. The first-order valence-electron chi connectivity index (χ1n) is 4.79. The molecule has 4 nitrogen and oxygen atoms in total. The topological polar surface area (TPSA) is 44.1 Å². The fourth-order valence-corrected chi connectivity index (χ4v) is 1.21. The van der Waals surface area contributed by atoms with Crippen LogP contribution in [0.15, 0.2) is 12.4 Å². The van der Waals surface area contributed by atoms with Crippen LogP contribution in [0, 0.1) is 12.8 Å². The summed E-state index contributed by atoms with van der Waals surface area (Å²) in [5, 5.41) is 4.11. The molecule has 78 valence electrons. The Morgan fingerprint density at radius 2 is 2.43 bits per heavy atom. The van der Waals surface area contributed by atoms with Crippen LogP contribution < -0.4 is 0 Å². The molecule has 0 spiro atoms. The molecule has 1 heterocycles. The van der Waals surface area contributed by atoms with Gasteiger partial charge in [-0.2, -0.15) is 5.10 Å². The van der Waals surface area contributed by atoms with E-state index in [-0.39, 0.29) is 11.9 Å². The molecular weight excluding hydrogens is 180 g/mol. The fourth-order valence-electron chi connectivity index (χ4n) is 1.21. The standard InChI is InChI=1S/C10H16N2O2/c1-4-14-10(13)9(3)7-12-6-8(2)5-11-12/h5-6,9H,4,7H2,1-3H3. The van der Waals surface area contributed by atoms with Crippen molar-refractivity contribution in [3.8, 4) is 0 Å². The summed E-state index contributed by atoms with van der Waals surface area (Å²) in [4.78, 5) is 11.3. The summed E-state index contributed by atoms with van der Waals surface area (Å²) in [5.41, 5.74) is 1.10.